The second-order valence-corrected chi connectivity index (χ2v) is 6.72. The van der Waals surface area contributed by atoms with Gasteiger partial charge in [-0.25, -0.2) is 5.43 Å². The first-order valence-corrected chi connectivity index (χ1v) is 9.42. The Hall–Kier alpha value is -2.57. The molecule has 0 aliphatic heterocycles. The second-order valence-electron chi connectivity index (χ2n) is 5.88. The topological polar surface area (TPSA) is 88.0 Å². The summed E-state index contributed by atoms with van der Waals surface area (Å²) in [4.78, 5) is 22.8. The molecule has 0 aromatic heterocycles. The van der Waals surface area contributed by atoms with Crippen molar-refractivity contribution in [1.82, 2.24) is 5.43 Å². The number of carbonyl (C=O) groups is 2. The first-order valence-electron chi connectivity index (χ1n) is 8.66. The molecule has 0 spiro atoms. The molecule has 28 heavy (non-hydrogen) atoms. The van der Waals surface area contributed by atoms with Gasteiger partial charge < -0.3 is 9.84 Å². The smallest absolute Gasteiger partial charge is 0.303 e. The van der Waals surface area contributed by atoms with Gasteiger partial charge in [0.15, 0.2) is 0 Å². The van der Waals surface area contributed by atoms with Crippen LogP contribution in [-0.4, -0.2) is 29.3 Å². The Kier molecular flexibility index (Phi) is 8.78. The van der Waals surface area contributed by atoms with E-state index in [2.05, 4.69) is 10.5 Å². The lowest BCUT2D eigenvalue weighted by molar-refractivity contribution is -0.136. The number of halogens is 2. The second kappa shape index (κ2) is 11.3. The van der Waals surface area contributed by atoms with E-state index in [1.54, 1.807) is 18.2 Å². The van der Waals surface area contributed by atoms with E-state index in [0.717, 1.165) is 5.56 Å². The van der Waals surface area contributed by atoms with Crippen LogP contribution in [-0.2, 0) is 9.59 Å². The van der Waals surface area contributed by atoms with E-state index < -0.39 is 5.97 Å². The van der Waals surface area contributed by atoms with Gasteiger partial charge in [0, 0.05) is 17.9 Å². The van der Waals surface area contributed by atoms with Crippen LogP contribution in [0.3, 0.4) is 0 Å². The number of hydrogen-bond donors (Lipinski definition) is 2. The van der Waals surface area contributed by atoms with Crippen molar-refractivity contribution in [1.29, 1.82) is 0 Å². The average molecular weight is 423 g/mol. The van der Waals surface area contributed by atoms with Crippen LogP contribution in [0.1, 0.15) is 31.2 Å². The molecule has 8 heteroatoms. The lowest BCUT2D eigenvalue weighted by Gasteiger charge is -2.08. The van der Waals surface area contributed by atoms with Crippen LogP contribution in [0.5, 0.6) is 5.75 Å². The molecule has 0 aliphatic rings. The normalized spacial score (nSPS) is 11.1. The van der Waals surface area contributed by atoms with Crippen molar-refractivity contribution in [3.8, 4) is 5.75 Å². The third-order valence-electron chi connectivity index (χ3n) is 3.70. The molecule has 0 aliphatic carbocycles. The summed E-state index contributed by atoms with van der Waals surface area (Å²) in [5.41, 5.74) is 3.76. The number of rotatable bonds is 10. The molecule has 2 rings (SSSR count). The molecular weight excluding hydrogens is 403 g/mol. The molecule has 0 radical (unpaired) electrons. The predicted molar refractivity (Wildman–Crippen MR) is 109 cm³/mol. The molecule has 0 heterocycles. The molecule has 148 valence electrons. The van der Waals surface area contributed by atoms with E-state index in [-0.39, 0.29) is 25.2 Å². The van der Waals surface area contributed by atoms with Crippen LogP contribution in [0, 0.1) is 0 Å². The fourth-order valence-electron chi connectivity index (χ4n) is 2.31. The summed E-state index contributed by atoms with van der Waals surface area (Å²) >= 11 is 11.8. The van der Waals surface area contributed by atoms with E-state index >= 15 is 0 Å². The van der Waals surface area contributed by atoms with E-state index in [0.29, 0.717) is 34.5 Å². The number of hydrogen-bond acceptors (Lipinski definition) is 4. The summed E-state index contributed by atoms with van der Waals surface area (Å²) in [6, 6.07) is 14.1. The summed E-state index contributed by atoms with van der Waals surface area (Å²) in [5.74, 6) is -0.702. The van der Waals surface area contributed by atoms with E-state index in [1.165, 1.54) is 0 Å². The number of ether oxygens (including phenoxy) is 1. The van der Waals surface area contributed by atoms with Crippen molar-refractivity contribution >= 4 is 40.8 Å². The molecule has 1 amide bonds. The molecule has 2 aromatic carbocycles. The van der Waals surface area contributed by atoms with Crippen molar-refractivity contribution in [3.63, 3.8) is 0 Å². The van der Waals surface area contributed by atoms with Gasteiger partial charge in [-0.15, -0.1) is 0 Å². The number of amides is 1. The van der Waals surface area contributed by atoms with E-state index in [1.807, 2.05) is 30.3 Å². The Balaban J connectivity index is 1.83. The number of benzene rings is 2. The van der Waals surface area contributed by atoms with Crippen LogP contribution in [0.4, 0.5) is 0 Å². The zero-order chi connectivity index (χ0) is 20.4. The third-order valence-corrected chi connectivity index (χ3v) is 4.23. The number of carbonyl (C=O) groups excluding carboxylic acids is 1. The highest BCUT2D eigenvalue weighted by molar-refractivity contribution is 6.35. The number of nitrogens with one attached hydrogen (secondary N) is 1. The molecule has 2 aromatic rings. The van der Waals surface area contributed by atoms with Crippen LogP contribution in [0.2, 0.25) is 10.0 Å². The van der Waals surface area contributed by atoms with Crippen LogP contribution < -0.4 is 10.2 Å². The Labute approximate surface area is 173 Å². The minimum atomic E-state index is -0.923. The van der Waals surface area contributed by atoms with E-state index in [4.69, 9.17) is 33.0 Å². The van der Waals surface area contributed by atoms with Crippen molar-refractivity contribution in [3.05, 3.63) is 64.1 Å². The summed E-state index contributed by atoms with van der Waals surface area (Å²) < 4.78 is 5.53. The molecule has 0 saturated carbocycles. The quantitative estimate of drug-likeness (QED) is 0.334. The minimum absolute atomic E-state index is 0.0701. The highest BCUT2D eigenvalue weighted by Gasteiger charge is 2.08. The Morgan fingerprint density at radius 1 is 1.04 bits per heavy atom. The van der Waals surface area contributed by atoms with Gasteiger partial charge in [-0.3, -0.25) is 9.59 Å². The molecule has 0 fully saturated rings. The standard InChI is InChI=1S/C20H20Cl2N2O4/c21-15-8-10-18(16(22)13-15)28-12-4-7-19(25)24-23-17(9-11-20(26)27)14-5-2-1-3-6-14/h1-3,5-6,8,10,13H,4,7,9,11-12H2,(H,24,25)(H,26,27)/b23-17+. The van der Waals surface area contributed by atoms with Crippen LogP contribution in [0.15, 0.2) is 53.6 Å². The Bertz CT molecular complexity index is 841. The largest absolute Gasteiger partial charge is 0.492 e. The van der Waals surface area contributed by atoms with Gasteiger partial charge in [0.25, 0.3) is 0 Å². The number of carboxylic acids is 1. The SMILES string of the molecule is O=C(O)CC/C(=N\NC(=O)CCCOc1ccc(Cl)cc1Cl)c1ccccc1. The van der Waals surface area contributed by atoms with Crippen molar-refractivity contribution in [2.75, 3.05) is 6.61 Å². The first kappa shape index (κ1) is 21.7. The van der Waals surface area contributed by atoms with Gasteiger partial charge in [-0.05, 0) is 30.2 Å². The van der Waals surface area contributed by atoms with Crippen molar-refractivity contribution in [2.45, 2.75) is 25.7 Å². The van der Waals surface area contributed by atoms with E-state index in [9.17, 15) is 9.59 Å². The lowest BCUT2D eigenvalue weighted by atomic mass is 10.1. The fraction of sp³-hybridized carbons (Fsp3) is 0.250. The van der Waals surface area contributed by atoms with Crippen molar-refractivity contribution in [2.24, 2.45) is 5.10 Å². The summed E-state index contributed by atoms with van der Waals surface area (Å²) in [7, 11) is 0. The molecule has 0 atom stereocenters. The lowest BCUT2D eigenvalue weighted by Crippen LogP contribution is -2.21. The maximum Gasteiger partial charge on any atom is 0.303 e. The minimum Gasteiger partial charge on any atom is -0.492 e. The number of carboxylic acid groups (broad SMARTS) is 1. The molecule has 0 bridgehead atoms. The summed E-state index contributed by atoms with van der Waals surface area (Å²) in [6.45, 7) is 0.309. The molecule has 6 nitrogen and oxygen atoms in total. The predicted octanol–water partition coefficient (Wildman–Crippen LogP) is 4.54. The summed E-state index contributed by atoms with van der Waals surface area (Å²) in [6.07, 6.45) is 0.822. The van der Waals surface area contributed by atoms with Crippen LogP contribution >= 0.6 is 23.2 Å². The van der Waals surface area contributed by atoms with Crippen molar-refractivity contribution < 1.29 is 19.4 Å². The molecular formula is C20H20Cl2N2O4. The van der Waals surface area contributed by atoms with Gasteiger partial charge in [0.05, 0.1) is 23.8 Å². The van der Waals surface area contributed by atoms with Crippen LogP contribution in [0.25, 0.3) is 0 Å². The number of nitrogens with zero attached hydrogens (tertiary/aromatic N) is 1. The number of aliphatic carboxylic acids is 1. The molecule has 2 N–H and O–H groups in total. The maximum absolute atomic E-state index is 12.0. The average Bonchev–Trinajstić information content (AvgIpc) is 2.67. The van der Waals surface area contributed by atoms with Gasteiger partial charge >= 0.3 is 5.97 Å². The maximum atomic E-state index is 12.0. The Morgan fingerprint density at radius 2 is 1.79 bits per heavy atom. The monoisotopic (exact) mass is 422 g/mol. The van der Waals surface area contributed by atoms with Gasteiger partial charge in [0.1, 0.15) is 5.75 Å². The third kappa shape index (κ3) is 7.58. The van der Waals surface area contributed by atoms with Gasteiger partial charge in [0.2, 0.25) is 5.91 Å². The fourth-order valence-corrected chi connectivity index (χ4v) is 2.78. The first-order chi connectivity index (χ1) is 13.5. The summed E-state index contributed by atoms with van der Waals surface area (Å²) in [5, 5.41) is 13.9. The molecule has 0 saturated heterocycles. The highest BCUT2D eigenvalue weighted by atomic mass is 35.5. The molecule has 0 unspecified atom stereocenters. The van der Waals surface area contributed by atoms with Gasteiger partial charge in [-0.1, -0.05) is 53.5 Å². The van der Waals surface area contributed by atoms with Gasteiger partial charge in [-0.2, -0.15) is 5.10 Å². The zero-order valence-electron chi connectivity index (χ0n) is 15.0. The Morgan fingerprint density at radius 3 is 2.46 bits per heavy atom. The zero-order valence-corrected chi connectivity index (χ0v) is 16.5. The number of hydrazone groups is 1. The highest BCUT2D eigenvalue weighted by Crippen LogP contribution is 2.27.